The highest BCUT2D eigenvalue weighted by Gasteiger charge is 2.31. The Morgan fingerprint density at radius 3 is 2.12 bits per heavy atom. The molecule has 2 aliphatic rings. The van der Waals surface area contributed by atoms with Gasteiger partial charge in [0.1, 0.15) is 24.1 Å². The lowest BCUT2D eigenvalue weighted by Crippen LogP contribution is -2.43. The van der Waals surface area contributed by atoms with Gasteiger partial charge < -0.3 is 35.6 Å². The van der Waals surface area contributed by atoms with Crippen LogP contribution in [0.3, 0.4) is 0 Å². The van der Waals surface area contributed by atoms with Crippen LogP contribution in [0.5, 0.6) is 11.5 Å². The van der Waals surface area contributed by atoms with Gasteiger partial charge in [-0.25, -0.2) is 9.59 Å². The molecule has 0 spiro atoms. The number of aromatic nitrogens is 3. The molecule has 14 heteroatoms. The van der Waals surface area contributed by atoms with Crippen molar-refractivity contribution in [2.24, 2.45) is 5.92 Å². The van der Waals surface area contributed by atoms with E-state index < -0.39 is 24.0 Å². The van der Waals surface area contributed by atoms with E-state index in [2.05, 4.69) is 20.8 Å². The summed E-state index contributed by atoms with van der Waals surface area (Å²) in [6.45, 7) is 7.17. The maximum Gasteiger partial charge on any atom is 0.407 e. The molecule has 60 heavy (non-hydrogen) atoms. The van der Waals surface area contributed by atoms with E-state index in [4.69, 9.17) is 4.74 Å². The number of carbonyl (C=O) groups is 4. The van der Waals surface area contributed by atoms with Gasteiger partial charge in [-0.05, 0) is 96.0 Å². The fraction of sp³-hybridized carbons (Fsp3) is 0.348. The first-order valence-corrected chi connectivity index (χ1v) is 20.4. The van der Waals surface area contributed by atoms with E-state index in [1.54, 1.807) is 22.5 Å². The lowest BCUT2D eigenvalue weighted by atomic mass is 9.90. The van der Waals surface area contributed by atoms with Crippen LogP contribution in [0.2, 0.25) is 0 Å². The zero-order chi connectivity index (χ0) is 42.5. The van der Waals surface area contributed by atoms with Crippen LogP contribution in [0.25, 0.3) is 28.2 Å². The Labute approximate surface area is 348 Å². The van der Waals surface area contributed by atoms with Crippen molar-refractivity contribution in [3.8, 4) is 39.7 Å². The number of piperidine rings is 1. The summed E-state index contributed by atoms with van der Waals surface area (Å²) in [7, 11) is 0. The van der Waals surface area contributed by atoms with E-state index in [-0.39, 0.29) is 60.3 Å². The van der Waals surface area contributed by atoms with Crippen molar-refractivity contribution in [2.45, 2.75) is 70.8 Å². The Bertz CT molecular complexity index is 2340. The molecular weight excluding hydrogens is 765 g/mol. The van der Waals surface area contributed by atoms with Gasteiger partial charge in [0.15, 0.2) is 5.82 Å². The van der Waals surface area contributed by atoms with Gasteiger partial charge in [0, 0.05) is 43.7 Å². The number of likely N-dealkylation sites (tertiary alicyclic amines) is 1. The highest BCUT2D eigenvalue weighted by atomic mass is 16.5. The number of amides is 3. The molecule has 0 unspecified atom stereocenters. The van der Waals surface area contributed by atoms with Crippen LogP contribution < -0.4 is 10.6 Å². The van der Waals surface area contributed by atoms with Crippen molar-refractivity contribution < 1.29 is 39.2 Å². The minimum atomic E-state index is -1.28. The number of benzene rings is 4. The minimum absolute atomic E-state index is 0.0309. The summed E-state index contributed by atoms with van der Waals surface area (Å²) in [4.78, 5) is 52.9. The summed E-state index contributed by atoms with van der Waals surface area (Å²) in [5.41, 5.74) is 6.91. The standard InChI is InChI=1S/C46H50N6O8/c1-4-47-44(56)43-50-49-42(36-24-35(27(2)3)39(53)25-40(36)54)52(43)30-15-13-28(14-16-30)23-29-19-21-51(22-20-29)41(55)18-17-38(45(57)58)48-46(59)60-26-37-33-11-7-5-9-31(33)32-10-6-8-12-34(32)37/h5-16,24-25,27,29,37-38,53-54H,4,17-23,26H2,1-3H3,(H,47,56)(H,48,59)(H,57,58)/t38-/m0/s1. The second-order valence-electron chi connectivity index (χ2n) is 15.7. The molecule has 1 aliphatic heterocycles. The van der Waals surface area contributed by atoms with E-state index in [1.807, 2.05) is 86.6 Å². The lowest BCUT2D eigenvalue weighted by molar-refractivity contribution is -0.140. The average Bonchev–Trinajstić information content (AvgIpc) is 3.82. The van der Waals surface area contributed by atoms with Crippen molar-refractivity contribution in [3.05, 3.63) is 113 Å². The topological polar surface area (TPSA) is 196 Å². The molecule has 1 aromatic heterocycles. The lowest BCUT2D eigenvalue weighted by Gasteiger charge is -2.32. The molecule has 7 rings (SSSR count). The van der Waals surface area contributed by atoms with Gasteiger partial charge in [0.25, 0.3) is 5.91 Å². The Morgan fingerprint density at radius 2 is 1.50 bits per heavy atom. The molecule has 14 nitrogen and oxygen atoms in total. The number of phenols is 2. The van der Waals surface area contributed by atoms with E-state index in [9.17, 15) is 34.5 Å². The summed E-state index contributed by atoms with van der Waals surface area (Å²) >= 11 is 0. The number of alkyl carbamates (subject to hydrolysis) is 1. The van der Waals surface area contributed by atoms with Crippen molar-refractivity contribution >= 4 is 23.9 Å². The molecular formula is C46H50N6O8. The molecule has 0 saturated carbocycles. The number of nitrogens with one attached hydrogen (secondary N) is 2. The predicted molar refractivity (Wildman–Crippen MR) is 224 cm³/mol. The predicted octanol–water partition coefficient (Wildman–Crippen LogP) is 6.77. The third-order valence-electron chi connectivity index (χ3n) is 11.5. The van der Waals surface area contributed by atoms with Gasteiger partial charge in [0.05, 0.1) is 5.56 Å². The molecule has 2 heterocycles. The number of hydrogen-bond acceptors (Lipinski definition) is 9. The van der Waals surface area contributed by atoms with Crippen molar-refractivity contribution in [2.75, 3.05) is 26.2 Å². The van der Waals surface area contributed by atoms with Crippen LogP contribution in [-0.2, 0) is 20.7 Å². The molecule has 312 valence electrons. The van der Waals surface area contributed by atoms with Gasteiger partial charge in [-0.15, -0.1) is 10.2 Å². The molecule has 0 bridgehead atoms. The Morgan fingerprint density at radius 1 is 0.850 bits per heavy atom. The molecule has 3 amide bonds. The van der Waals surface area contributed by atoms with E-state index >= 15 is 0 Å². The van der Waals surface area contributed by atoms with Crippen LogP contribution in [0, 0.1) is 5.92 Å². The molecule has 1 atom stereocenters. The number of ether oxygens (including phenoxy) is 1. The second kappa shape index (κ2) is 18.1. The quantitative estimate of drug-likeness (QED) is 0.0798. The molecule has 1 fully saturated rings. The number of nitrogens with zero attached hydrogens (tertiary/aromatic N) is 4. The van der Waals surface area contributed by atoms with Crippen molar-refractivity contribution in [1.82, 2.24) is 30.3 Å². The SMILES string of the molecule is CCNC(=O)c1nnc(-c2cc(C(C)C)c(O)cc2O)n1-c1ccc(CC2CCN(C(=O)CC[C@H](NC(=O)OCC3c4ccccc4-c4ccccc43)C(=O)O)CC2)cc1. The van der Waals surface area contributed by atoms with Crippen molar-refractivity contribution in [3.63, 3.8) is 0 Å². The first-order valence-electron chi connectivity index (χ1n) is 20.4. The minimum Gasteiger partial charge on any atom is -0.508 e. The van der Waals surface area contributed by atoms with Gasteiger partial charge >= 0.3 is 12.1 Å². The molecule has 0 radical (unpaired) electrons. The molecule has 4 aromatic carbocycles. The molecule has 1 aliphatic carbocycles. The van der Waals surface area contributed by atoms with Gasteiger partial charge in [-0.2, -0.15) is 0 Å². The fourth-order valence-corrected chi connectivity index (χ4v) is 8.29. The number of rotatable bonds is 14. The summed E-state index contributed by atoms with van der Waals surface area (Å²) in [6, 6.07) is 25.3. The maximum absolute atomic E-state index is 13.2. The monoisotopic (exact) mass is 814 g/mol. The zero-order valence-electron chi connectivity index (χ0n) is 33.9. The number of carbonyl (C=O) groups excluding carboxylic acids is 3. The number of fused-ring (bicyclic) bond motifs is 3. The summed E-state index contributed by atoms with van der Waals surface area (Å²) in [5.74, 6) is -1.63. The van der Waals surface area contributed by atoms with E-state index in [0.29, 0.717) is 42.4 Å². The fourth-order valence-electron chi connectivity index (χ4n) is 8.29. The van der Waals surface area contributed by atoms with Crippen LogP contribution in [0.4, 0.5) is 4.79 Å². The first kappa shape index (κ1) is 41.5. The van der Waals surface area contributed by atoms with Crippen LogP contribution in [-0.4, -0.2) is 91.1 Å². The summed E-state index contributed by atoms with van der Waals surface area (Å²) < 4.78 is 7.14. The van der Waals surface area contributed by atoms with Crippen LogP contribution >= 0.6 is 0 Å². The number of carboxylic acids is 1. The first-order chi connectivity index (χ1) is 28.9. The maximum atomic E-state index is 13.2. The molecule has 5 N–H and O–H groups in total. The van der Waals surface area contributed by atoms with Gasteiger partial charge in [-0.3, -0.25) is 14.2 Å². The Hall–Kier alpha value is -6.70. The average molecular weight is 815 g/mol. The summed E-state index contributed by atoms with van der Waals surface area (Å²) in [5, 5.41) is 44.8. The number of phenolic OH excluding ortho intramolecular Hbond substituents is 2. The highest BCUT2D eigenvalue weighted by molar-refractivity contribution is 5.92. The number of hydrogen-bond donors (Lipinski definition) is 5. The smallest absolute Gasteiger partial charge is 0.407 e. The number of carboxylic acid groups (broad SMARTS) is 1. The summed E-state index contributed by atoms with van der Waals surface area (Å²) in [6.07, 6.45) is 1.36. The Balaban J connectivity index is 0.922. The zero-order valence-corrected chi connectivity index (χ0v) is 33.9. The Kier molecular flexibility index (Phi) is 12.5. The van der Waals surface area contributed by atoms with E-state index in [1.165, 1.54) is 6.07 Å². The highest BCUT2D eigenvalue weighted by Crippen LogP contribution is 2.44. The van der Waals surface area contributed by atoms with Crippen LogP contribution in [0.1, 0.15) is 91.2 Å². The normalized spacial score (nSPS) is 14.4. The molecule has 5 aromatic rings. The van der Waals surface area contributed by atoms with Crippen molar-refractivity contribution in [1.29, 1.82) is 0 Å². The van der Waals surface area contributed by atoms with Gasteiger partial charge in [0.2, 0.25) is 11.7 Å². The second-order valence-corrected chi connectivity index (χ2v) is 15.7. The van der Waals surface area contributed by atoms with Crippen LogP contribution in [0.15, 0.2) is 84.9 Å². The largest absolute Gasteiger partial charge is 0.508 e. The molecule has 1 saturated heterocycles. The third kappa shape index (κ3) is 8.82. The number of aromatic hydroxyl groups is 2. The van der Waals surface area contributed by atoms with E-state index in [0.717, 1.165) is 47.1 Å². The van der Waals surface area contributed by atoms with Gasteiger partial charge in [-0.1, -0.05) is 74.5 Å². The third-order valence-corrected chi connectivity index (χ3v) is 11.5. The number of aliphatic carboxylic acids is 1.